The summed E-state index contributed by atoms with van der Waals surface area (Å²) in [5, 5.41) is 4.43. The average Bonchev–Trinajstić information content (AvgIpc) is 2.88. The fourth-order valence-corrected chi connectivity index (χ4v) is 2.46. The maximum atomic E-state index is 5.56. The van der Waals surface area contributed by atoms with E-state index in [4.69, 9.17) is 4.74 Å². The van der Waals surface area contributed by atoms with Crippen molar-refractivity contribution in [3.05, 3.63) is 48.3 Å². The molecule has 0 spiro atoms. The summed E-state index contributed by atoms with van der Waals surface area (Å²) in [7, 11) is 0. The lowest BCUT2D eigenvalue weighted by molar-refractivity contribution is -0.0212. The summed E-state index contributed by atoms with van der Waals surface area (Å²) in [5.74, 6) is 0. The molecule has 1 aromatic heterocycles. The minimum Gasteiger partial charge on any atom is -0.376 e. The van der Waals surface area contributed by atoms with Gasteiger partial charge in [0.2, 0.25) is 0 Å². The van der Waals surface area contributed by atoms with E-state index in [1.165, 1.54) is 5.56 Å². The molecule has 0 radical (unpaired) electrons. The third-order valence-corrected chi connectivity index (χ3v) is 3.39. The predicted octanol–water partition coefficient (Wildman–Crippen LogP) is 2.09. The van der Waals surface area contributed by atoms with E-state index in [1.54, 1.807) is 0 Å². The van der Waals surface area contributed by atoms with Crippen LogP contribution < -0.4 is 0 Å². The van der Waals surface area contributed by atoms with Gasteiger partial charge in [0, 0.05) is 31.4 Å². The van der Waals surface area contributed by atoms with Gasteiger partial charge in [-0.15, -0.1) is 0 Å². The van der Waals surface area contributed by atoms with Crippen molar-refractivity contribution in [2.75, 3.05) is 19.7 Å². The van der Waals surface area contributed by atoms with Crippen molar-refractivity contribution in [1.82, 2.24) is 14.7 Å². The van der Waals surface area contributed by atoms with E-state index in [-0.39, 0.29) is 0 Å². The van der Waals surface area contributed by atoms with Crippen LogP contribution in [0.25, 0.3) is 5.69 Å². The van der Waals surface area contributed by atoms with Gasteiger partial charge in [-0.3, -0.25) is 4.90 Å². The molecule has 0 saturated carbocycles. The molecular formula is C15H19N3O. The maximum absolute atomic E-state index is 5.56. The van der Waals surface area contributed by atoms with Crippen LogP contribution in [0.4, 0.5) is 0 Å². The predicted molar refractivity (Wildman–Crippen MR) is 74.3 cm³/mol. The van der Waals surface area contributed by atoms with Gasteiger partial charge in [-0.05, 0) is 19.1 Å². The van der Waals surface area contributed by atoms with Crippen LogP contribution in [0.2, 0.25) is 0 Å². The number of ether oxygens (including phenoxy) is 1. The Bertz CT molecular complexity index is 523. The second kappa shape index (κ2) is 5.55. The second-order valence-corrected chi connectivity index (χ2v) is 5.05. The minimum absolute atomic E-state index is 0.331. The molecule has 4 nitrogen and oxygen atoms in total. The molecule has 1 aliphatic rings. The van der Waals surface area contributed by atoms with Crippen molar-refractivity contribution in [1.29, 1.82) is 0 Å². The molecule has 0 bridgehead atoms. The molecule has 1 fully saturated rings. The van der Waals surface area contributed by atoms with Gasteiger partial charge in [0.15, 0.2) is 0 Å². The first-order valence-corrected chi connectivity index (χ1v) is 6.74. The molecule has 19 heavy (non-hydrogen) atoms. The Balaban J connectivity index is 1.68. The van der Waals surface area contributed by atoms with Crippen molar-refractivity contribution in [2.24, 2.45) is 0 Å². The van der Waals surface area contributed by atoms with Crippen LogP contribution in [0, 0.1) is 0 Å². The molecule has 100 valence electrons. The number of para-hydroxylation sites is 1. The number of benzene rings is 1. The lowest BCUT2D eigenvalue weighted by Crippen LogP contribution is -2.40. The van der Waals surface area contributed by atoms with E-state index in [0.29, 0.717) is 6.10 Å². The second-order valence-electron chi connectivity index (χ2n) is 5.05. The molecule has 2 heterocycles. The van der Waals surface area contributed by atoms with Crippen LogP contribution in [0.5, 0.6) is 0 Å². The quantitative estimate of drug-likeness (QED) is 0.843. The van der Waals surface area contributed by atoms with E-state index in [2.05, 4.69) is 35.3 Å². The first-order valence-electron chi connectivity index (χ1n) is 6.74. The van der Waals surface area contributed by atoms with E-state index >= 15 is 0 Å². The van der Waals surface area contributed by atoms with Crippen LogP contribution in [-0.4, -0.2) is 40.5 Å². The normalized spacial score (nSPS) is 20.6. The Kier molecular flexibility index (Phi) is 3.62. The van der Waals surface area contributed by atoms with Gasteiger partial charge < -0.3 is 4.74 Å². The Morgan fingerprint density at radius 2 is 2.16 bits per heavy atom. The maximum Gasteiger partial charge on any atom is 0.0674 e. The molecule has 4 heteroatoms. The Morgan fingerprint density at radius 3 is 2.95 bits per heavy atom. The van der Waals surface area contributed by atoms with Crippen LogP contribution >= 0.6 is 0 Å². The van der Waals surface area contributed by atoms with Gasteiger partial charge in [0.25, 0.3) is 0 Å². The van der Waals surface area contributed by atoms with E-state index in [0.717, 1.165) is 31.9 Å². The van der Waals surface area contributed by atoms with Gasteiger partial charge in [-0.1, -0.05) is 18.2 Å². The van der Waals surface area contributed by atoms with Crippen molar-refractivity contribution >= 4 is 0 Å². The third kappa shape index (κ3) is 3.03. The summed E-state index contributed by atoms with van der Waals surface area (Å²) in [6, 6.07) is 10.2. The van der Waals surface area contributed by atoms with Gasteiger partial charge in [0.1, 0.15) is 0 Å². The zero-order valence-electron chi connectivity index (χ0n) is 11.2. The standard InChI is InChI=1S/C15H19N3O/c1-13-10-17(7-8-19-13)11-14-9-16-18(12-14)15-5-3-2-4-6-15/h2-6,9,12-13H,7-8,10-11H2,1H3. The summed E-state index contributed by atoms with van der Waals surface area (Å²) in [4.78, 5) is 2.42. The smallest absolute Gasteiger partial charge is 0.0674 e. The summed E-state index contributed by atoms with van der Waals surface area (Å²) in [6.07, 6.45) is 4.39. The van der Waals surface area contributed by atoms with Gasteiger partial charge in [-0.2, -0.15) is 5.10 Å². The van der Waals surface area contributed by atoms with Gasteiger partial charge in [-0.25, -0.2) is 4.68 Å². The molecule has 1 aliphatic heterocycles. The molecule has 1 saturated heterocycles. The minimum atomic E-state index is 0.331. The van der Waals surface area contributed by atoms with Crippen LogP contribution in [0.1, 0.15) is 12.5 Å². The van der Waals surface area contributed by atoms with Crippen molar-refractivity contribution in [2.45, 2.75) is 19.6 Å². The van der Waals surface area contributed by atoms with Gasteiger partial charge >= 0.3 is 0 Å². The summed E-state index contributed by atoms with van der Waals surface area (Å²) >= 11 is 0. The molecule has 3 rings (SSSR count). The topological polar surface area (TPSA) is 30.3 Å². The van der Waals surface area contributed by atoms with Crippen molar-refractivity contribution in [3.63, 3.8) is 0 Å². The van der Waals surface area contributed by atoms with Gasteiger partial charge in [0.05, 0.1) is 24.6 Å². The zero-order chi connectivity index (χ0) is 13.1. The SMILES string of the molecule is CC1CN(Cc2cnn(-c3ccccc3)c2)CCO1. The summed E-state index contributed by atoms with van der Waals surface area (Å²) < 4.78 is 7.49. The largest absolute Gasteiger partial charge is 0.376 e. The van der Waals surface area contributed by atoms with Crippen molar-refractivity contribution in [3.8, 4) is 5.69 Å². The molecule has 1 aromatic carbocycles. The number of nitrogens with zero attached hydrogens (tertiary/aromatic N) is 3. The highest BCUT2D eigenvalue weighted by Gasteiger charge is 2.17. The fraction of sp³-hybridized carbons (Fsp3) is 0.400. The number of morpholine rings is 1. The highest BCUT2D eigenvalue weighted by Crippen LogP contribution is 2.12. The first kappa shape index (κ1) is 12.4. The zero-order valence-corrected chi connectivity index (χ0v) is 11.2. The van der Waals surface area contributed by atoms with Crippen LogP contribution in [0.3, 0.4) is 0 Å². The monoisotopic (exact) mass is 257 g/mol. The Hall–Kier alpha value is -1.65. The molecule has 0 amide bonds. The molecular weight excluding hydrogens is 238 g/mol. The van der Waals surface area contributed by atoms with E-state index in [1.807, 2.05) is 29.1 Å². The highest BCUT2D eigenvalue weighted by molar-refractivity contribution is 5.30. The first-order chi connectivity index (χ1) is 9.31. The number of aromatic nitrogens is 2. The third-order valence-electron chi connectivity index (χ3n) is 3.39. The summed E-state index contributed by atoms with van der Waals surface area (Å²) in [5.41, 5.74) is 2.35. The van der Waals surface area contributed by atoms with E-state index < -0.39 is 0 Å². The number of hydrogen-bond donors (Lipinski definition) is 0. The number of rotatable bonds is 3. The fourth-order valence-electron chi connectivity index (χ4n) is 2.46. The number of hydrogen-bond acceptors (Lipinski definition) is 3. The molecule has 2 aromatic rings. The van der Waals surface area contributed by atoms with Crippen molar-refractivity contribution < 1.29 is 4.74 Å². The lowest BCUT2D eigenvalue weighted by Gasteiger charge is -2.30. The average molecular weight is 257 g/mol. The molecule has 0 aliphatic carbocycles. The highest BCUT2D eigenvalue weighted by atomic mass is 16.5. The Morgan fingerprint density at radius 1 is 1.32 bits per heavy atom. The lowest BCUT2D eigenvalue weighted by atomic mass is 10.2. The Labute approximate surface area is 113 Å². The molecule has 1 atom stereocenters. The van der Waals surface area contributed by atoms with Crippen LogP contribution in [0.15, 0.2) is 42.7 Å². The van der Waals surface area contributed by atoms with E-state index in [9.17, 15) is 0 Å². The molecule has 1 unspecified atom stereocenters. The summed E-state index contributed by atoms with van der Waals surface area (Å²) in [6.45, 7) is 5.89. The van der Waals surface area contributed by atoms with Crippen LogP contribution in [-0.2, 0) is 11.3 Å². The molecule has 0 N–H and O–H groups in total.